The summed E-state index contributed by atoms with van der Waals surface area (Å²) in [5, 5.41) is 2.04. The molecule has 0 aliphatic heterocycles. The van der Waals surface area contributed by atoms with Crippen molar-refractivity contribution >= 4 is 28.1 Å². The number of nitrogens with zero attached hydrogens (tertiary/aromatic N) is 1. The molecule has 3 rings (SSSR count). The fourth-order valence-electron chi connectivity index (χ4n) is 1.63. The van der Waals surface area contributed by atoms with Crippen LogP contribution in [0.15, 0.2) is 35.7 Å². The van der Waals surface area contributed by atoms with Crippen LogP contribution < -0.4 is 11.3 Å². The molecule has 0 saturated heterocycles. The monoisotopic (exact) mass is 230 g/mol. The van der Waals surface area contributed by atoms with E-state index in [0.717, 1.165) is 27.4 Å². The molecule has 0 spiro atoms. The molecule has 0 radical (unpaired) electrons. The predicted molar refractivity (Wildman–Crippen MR) is 67.2 cm³/mol. The molecule has 80 valence electrons. The number of thiophene rings is 1. The lowest BCUT2D eigenvalue weighted by Gasteiger charge is -1.96. The number of imidazole rings is 1. The molecule has 2 heterocycles. The molecule has 4 N–H and O–H groups in total. The Morgan fingerprint density at radius 1 is 1.31 bits per heavy atom. The van der Waals surface area contributed by atoms with Crippen molar-refractivity contribution in [2.45, 2.75) is 0 Å². The van der Waals surface area contributed by atoms with Gasteiger partial charge in [0.2, 0.25) is 0 Å². The summed E-state index contributed by atoms with van der Waals surface area (Å²) >= 11 is 1.67. The van der Waals surface area contributed by atoms with Crippen molar-refractivity contribution in [1.82, 2.24) is 9.97 Å². The van der Waals surface area contributed by atoms with Gasteiger partial charge in [-0.25, -0.2) is 4.98 Å². The summed E-state index contributed by atoms with van der Waals surface area (Å²) in [6, 6.07) is 9.85. The van der Waals surface area contributed by atoms with Gasteiger partial charge in [0, 0.05) is 0 Å². The number of benzene rings is 1. The fourth-order valence-corrected chi connectivity index (χ4v) is 2.30. The quantitative estimate of drug-likeness (QED) is 0.468. The number of aromatic nitrogens is 2. The first kappa shape index (κ1) is 9.38. The first-order valence-corrected chi connectivity index (χ1v) is 5.75. The Kier molecular flexibility index (Phi) is 2.12. The van der Waals surface area contributed by atoms with E-state index in [-0.39, 0.29) is 0 Å². The number of nitrogens with two attached hydrogens (primary N) is 1. The molecule has 16 heavy (non-hydrogen) atoms. The number of H-pyrrole nitrogens is 1. The molecule has 0 bridgehead atoms. The van der Waals surface area contributed by atoms with Gasteiger partial charge < -0.3 is 10.4 Å². The number of rotatable bonds is 2. The standard InChI is InChI=1S/C11H10N4S/c12-15-7-3-4-8-9(6-7)14-11(13-8)10-2-1-5-16-10/h1-6,15H,12H2,(H,13,14). The maximum absolute atomic E-state index is 5.36. The minimum Gasteiger partial charge on any atom is -0.337 e. The Bertz CT molecular complexity index is 612. The van der Waals surface area contributed by atoms with Crippen LogP contribution in [0.3, 0.4) is 0 Å². The molecule has 1 aromatic carbocycles. The van der Waals surface area contributed by atoms with Gasteiger partial charge >= 0.3 is 0 Å². The van der Waals surface area contributed by atoms with Gasteiger partial charge in [0.25, 0.3) is 0 Å². The van der Waals surface area contributed by atoms with Crippen LogP contribution in [0.4, 0.5) is 5.69 Å². The third-order valence-corrected chi connectivity index (χ3v) is 3.28. The molecule has 4 nitrogen and oxygen atoms in total. The lowest BCUT2D eigenvalue weighted by molar-refractivity contribution is 1.35. The van der Waals surface area contributed by atoms with Gasteiger partial charge in [-0.2, -0.15) is 0 Å². The first-order chi connectivity index (χ1) is 7.86. The smallest absolute Gasteiger partial charge is 0.148 e. The fraction of sp³-hybridized carbons (Fsp3) is 0. The summed E-state index contributed by atoms with van der Waals surface area (Å²) in [6.07, 6.45) is 0. The van der Waals surface area contributed by atoms with Gasteiger partial charge in [0.05, 0.1) is 21.6 Å². The van der Waals surface area contributed by atoms with Crippen molar-refractivity contribution in [2.75, 3.05) is 5.43 Å². The Morgan fingerprint density at radius 3 is 3.00 bits per heavy atom. The van der Waals surface area contributed by atoms with Crippen molar-refractivity contribution in [3.63, 3.8) is 0 Å². The topological polar surface area (TPSA) is 66.7 Å². The van der Waals surface area contributed by atoms with Crippen LogP contribution >= 0.6 is 11.3 Å². The number of nitrogen functional groups attached to an aromatic ring is 1. The summed E-state index contributed by atoms with van der Waals surface area (Å²) in [5.41, 5.74) is 5.42. The van der Waals surface area contributed by atoms with Gasteiger partial charge in [0.15, 0.2) is 0 Å². The van der Waals surface area contributed by atoms with E-state index in [0.29, 0.717) is 0 Å². The number of hydrogen-bond donors (Lipinski definition) is 3. The van der Waals surface area contributed by atoms with Crippen molar-refractivity contribution in [3.8, 4) is 10.7 Å². The number of hydrazine groups is 1. The molecule has 3 aromatic rings. The number of hydrogen-bond acceptors (Lipinski definition) is 4. The maximum atomic E-state index is 5.36. The van der Waals surface area contributed by atoms with Crippen LogP contribution in [-0.2, 0) is 0 Å². The van der Waals surface area contributed by atoms with E-state index in [1.54, 1.807) is 11.3 Å². The molecule has 0 aliphatic rings. The summed E-state index contributed by atoms with van der Waals surface area (Å²) < 4.78 is 0. The van der Waals surface area contributed by atoms with Crippen molar-refractivity contribution < 1.29 is 0 Å². The normalized spacial score (nSPS) is 10.8. The summed E-state index contributed by atoms with van der Waals surface area (Å²) in [7, 11) is 0. The number of fused-ring (bicyclic) bond motifs is 1. The molecular weight excluding hydrogens is 220 g/mol. The molecule has 0 fully saturated rings. The zero-order valence-corrected chi connectivity index (χ0v) is 9.21. The summed E-state index contributed by atoms with van der Waals surface area (Å²) in [5.74, 6) is 6.26. The third-order valence-electron chi connectivity index (χ3n) is 2.40. The highest BCUT2D eigenvalue weighted by molar-refractivity contribution is 7.13. The lowest BCUT2D eigenvalue weighted by Crippen LogP contribution is -2.05. The van der Waals surface area contributed by atoms with E-state index >= 15 is 0 Å². The minimum absolute atomic E-state index is 0.869. The SMILES string of the molecule is NNc1ccc2nc(-c3cccs3)[nH]c2c1. The van der Waals surface area contributed by atoms with E-state index in [9.17, 15) is 0 Å². The van der Waals surface area contributed by atoms with Crippen molar-refractivity contribution in [3.05, 3.63) is 35.7 Å². The van der Waals surface area contributed by atoms with Crippen molar-refractivity contribution in [2.24, 2.45) is 5.84 Å². The molecule has 2 aromatic heterocycles. The van der Waals surface area contributed by atoms with Crippen LogP contribution in [0.2, 0.25) is 0 Å². The zero-order valence-electron chi connectivity index (χ0n) is 8.40. The van der Waals surface area contributed by atoms with E-state index in [1.807, 2.05) is 35.7 Å². The van der Waals surface area contributed by atoms with Gasteiger partial charge in [-0.3, -0.25) is 5.84 Å². The molecular formula is C11H10N4S. The Morgan fingerprint density at radius 2 is 2.25 bits per heavy atom. The lowest BCUT2D eigenvalue weighted by atomic mass is 10.3. The highest BCUT2D eigenvalue weighted by Gasteiger charge is 2.05. The van der Waals surface area contributed by atoms with Crippen LogP contribution in [-0.4, -0.2) is 9.97 Å². The van der Waals surface area contributed by atoms with Crippen LogP contribution in [0.5, 0.6) is 0 Å². The van der Waals surface area contributed by atoms with Crippen LogP contribution in [0, 0.1) is 0 Å². The van der Waals surface area contributed by atoms with E-state index in [4.69, 9.17) is 5.84 Å². The summed E-state index contributed by atoms with van der Waals surface area (Å²) in [4.78, 5) is 8.93. The second kappa shape index (κ2) is 3.62. The second-order valence-electron chi connectivity index (χ2n) is 3.44. The predicted octanol–water partition coefficient (Wildman–Crippen LogP) is 2.58. The maximum Gasteiger partial charge on any atom is 0.148 e. The molecule has 5 heteroatoms. The summed E-state index contributed by atoms with van der Waals surface area (Å²) in [6.45, 7) is 0. The highest BCUT2D eigenvalue weighted by Crippen LogP contribution is 2.25. The molecule has 0 unspecified atom stereocenters. The van der Waals surface area contributed by atoms with E-state index in [2.05, 4.69) is 15.4 Å². The molecule has 0 aliphatic carbocycles. The van der Waals surface area contributed by atoms with Gasteiger partial charge in [-0.15, -0.1) is 11.3 Å². The van der Waals surface area contributed by atoms with Crippen LogP contribution in [0.25, 0.3) is 21.7 Å². The first-order valence-electron chi connectivity index (χ1n) is 4.87. The average molecular weight is 230 g/mol. The van der Waals surface area contributed by atoms with Gasteiger partial charge in [0.1, 0.15) is 5.82 Å². The van der Waals surface area contributed by atoms with Crippen LogP contribution in [0.1, 0.15) is 0 Å². The molecule has 0 amide bonds. The highest BCUT2D eigenvalue weighted by atomic mass is 32.1. The third kappa shape index (κ3) is 1.46. The Hall–Kier alpha value is -1.85. The van der Waals surface area contributed by atoms with Gasteiger partial charge in [-0.05, 0) is 29.6 Å². The number of anilines is 1. The average Bonchev–Trinajstić information content (AvgIpc) is 2.96. The number of aromatic amines is 1. The minimum atomic E-state index is 0.869. The molecule has 0 atom stereocenters. The zero-order chi connectivity index (χ0) is 11.0. The van der Waals surface area contributed by atoms with Crippen molar-refractivity contribution in [1.29, 1.82) is 0 Å². The largest absolute Gasteiger partial charge is 0.337 e. The van der Waals surface area contributed by atoms with Gasteiger partial charge in [-0.1, -0.05) is 6.07 Å². The molecule has 0 saturated carbocycles. The Balaban J connectivity index is 2.16. The second-order valence-corrected chi connectivity index (χ2v) is 4.39. The Labute approximate surface area is 96.1 Å². The van der Waals surface area contributed by atoms with E-state index in [1.165, 1.54) is 0 Å². The number of nitrogens with one attached hydrogen (secondary N) is 2. The van der Waals surface area contributed by atoms with E-state index < -0.39 is 0 Å².